The van der Waals surface area contributed by atoms with E-state index in [0.29, 0.717) is 24.8 Å². The number of ether oxygens (including phenoxy) is 2. The molecule has 1 aromatic heterocycles. The molecule has 0 saturated heterocycles. The van der Waals surface area contributed by atoms with Crippen molar-refractivity contribution in [3.63, 3.8) is 0 Å². The number of thiazole rings is 1. The molecule has 0 spiro atoms. The zero-order valence-electron chi connectivity index (χ0n) is 12.4. The van der Waals surface area contributed by atoms with Gasteiger partial charge in [0.2, 0.25) is 5.91 Å². The van der Waals surface area contributed by atoms with E-state index in [2.05, 4.69) is 16.4 Å². The van der Waals surface area contributed by atoms with E-state index in [4.69, 9.17) is 9.47 Å². The van der Waals surface area contributed by atoms with E-state index in [0.717, 1.165) is 30.0 Å². The van der Waals surface area contributed by atoms with Crippen molar-refractivity contribution in [2.45, 2.75) is 19.8 Å². The fourth-order valence-electron chi connectivity index (χ4n) is 2.30. The summed E-state index contributed by atoms with van der Waals surface area (Å²) in [5.74, 6) is 0.889. The van der Waals surface area contributed by atoms with Gasteiger partial charge in [-0.05, 0) is 30.7 Å². The highest BCUT2D eigenvalue weighted by Crippen LogP contribution is 2.31. The number of rotatable bonds is 6. The summed E-state index contributed by atoms with van der Waals surface area (Å²) in [7, 11) is 0. The number of benzene rings is 1. The Morgan fingerprint density at radius 1 is 1.50 bits per heavy atom. The minimum Gasteiger partial charge on any atom is -0.493 e. The summed E-state index contributed by atoms with van der Waals surface area (Å²) in [5.41, 5.74) is 3.14. The minimum atomic E-state index is -0.0725. The van der Waals surface area contributed by atoms with Crippen molar-refractivity contribution in [1.82, 2.24) is 4.98 Å². The van der Waals surface area contributed by atoms with Gasteiger partial charge in [-0.15, -0.1) is 11.3 Å². The second-order valence-electron chi connectivity index (χ2n) is 4.95. The Bertz CT molecular complexity index is 669. The van der Waals surface area contributed by atoms with E-state index in [1.165, 1.54) is 16.9 Å². The zero-order valence-corrected chi connectivity index (χ0v) is 13.2. The van der Waals surface area contributed by atoms with E-state index in [9.17, 15) is 4.79 Å². The van der Waals surface area contributed by atoms with Crippen LogP contribution in [0.3, 0.4) is 0 Å². The molecule has 6 heteroatoms. The molecular formula is C16H18N2O3S. The molecule has 1 aliphatic heterocycles. The van der Waals surface area contributed by atoms with E-state index >= 15 is 0 Å². The van der Waals surface area contributed by atoms with Crippen LogP contribution >= 0.6 is 11.3 Å². The normalized spacial score (nSPS) is 12.8. The molecule has 1 aromatic carbocycles. The van der Waals surface area contributed by atoms with Crippen molar-refractivity contribution in [1.29, 1.82) is 0 Å². The van der Waals surface area contributed by atoms with E-state index in [1.807, 2.05) is 24.4 Å². The molecule has 0 aliphatic carbocycles. The molecule has 5 nitrogen and oxygen atoms in total. The summed E-state index contributed by atoms with van der Waals surface area (Å²) in [5, 5.41) is 5.38. The van der Waals surface area contributed by atoms with Gasteiger partial charge in [0.1, 0.15) is 5.75 Å². The van der Waals surface area contributed by atoms with Crippen molar-refractivity contribution in [2.75, 3.05) is 25.1 Å². The molecule has 1 N–H and O–H groups in total. The summed E-state index contributed by atoms with van der Waals surface area (Å²) < 4.78 is 10.7. The highest BCUT2D eigenvalue weighted by Gasteiger charge is 2.14. The first kappa shape index (κ1) is 15.0. The predicted octanol–water partition coefficient (Wildman–Crippen LogP) is 3.11. The van der Waals surface area contributed by atoms with Crippen LogP contribution in [0, 0.1) is 0 Å². The maximum atomic E-state index is 11.7. The Balaban J connectivity index is 1.65. The van der Waals surface area contributed by atoms with Gasteiger partial charge in [-0.2, -0.15) is 0 Å². The second kappa shape index (κ2) is 6.89. The van der Waals surface area contributed by atoms with Gasteiger partial charge in [0.05, 0.1) is 25.3 Å². The predicted molar refractivity (Wildman–Crippen MR) is 86.5 cm³/mol. The van der Waals surface area contributed by atoms with E-state index < -0.39 is 0 Å². The quantitative estimate of drug-likeness (QED) is 0.831. The first-order chi connectivity index (χ1) is 10.8. The number of hydrogen-bond donors (Lipinski definition) is 1. The van der Waals surface area contributed by atoms with Crippen molar-refractivity contribution < 1.29 is 14.3 Å². The van der Waals surface area contributed by atoms with Gasteiger partial charge in [-0.25, -0.2) is 4.98 Å². The van der Waals surface area contributed by atoms with Crippen molar-refractivity contribution in [2.24, 2.45) is 0 Å². The molecule has 22 heavy (non-hydrogen) atoms. The van der Waals surface area contributed by atoms with Crippen LogP contribution in [0.2, 0.25) is 0 Å². The number of amides is 1. The smallest absolute Gasteiger partial charge is 0.228 e. The van der Waals surface area contributed by atoms with Crippen LogP contribution in [0.25, 0.3) is 11.3 Å². The molecule has 2 heterocycles. The first-order valence-corrected chi connectivity index (χ1v) is 8.23. The number of fused-ring (bicyclic) bond motifs is 1. The molecule has 1 amide bonds. The summed E-state index contributed by atoms with van der Waals surface area (Å²) in [4.78, 5) is 16.2. The molecule has 0 fully saturated rings. The van der Waals surface area contributed by atoms with Gasteiger partial charge in [-0.1, -0.05) is 0 Å². The minimum absolute atomic E-state index is 0.0725. The van der Waals surface area contributed by atoms with Gasteiger partial charge in [0, 0.05) is 24.0 Å². The average molecular weight is 318 g/mol. The lowest BCUT2D eigenvalue weighted by Gasteiger charge is -2.02. The van der Waals surface area contributed by atoms with Crippen LogP contribution in [-0.2, 0) is 16.0 Å². The Morgan fingerprint density at radius 2 is 2.41 bits per heavy atom. The van der Waals surface area contributed by atoms with Crippen LogP contribution in [0.5, 0.6) is 5.75 Å². The van der Waals surface area contributed by atoms with Crippen LogP contribution in [0.1, 0.15) is 18.9 Å². The molecule has 0 saturated carbocycles. The summed E-state index contributed by atoms with van der Waals surface area (Å²) in [6, 6.07) is 6.09. The third kappa shape index (κ3) is 3.45. The van der Waals surface area contributed by atoms with Crippen LogP contribution in [-0.4, -0.2) is 30.7 Å². The monoisotopic (exact) mass is 318 g/mol. The SMILES string of the molecule is CCOCCC(=O)Nc1nc(-c2ccc3c(c2)CCO3)cs1. The largest absolute Gasteiger partial charge is 0.493 e. The van der Waals surface area contributed by atoms with Crippen LogP contribution in [0.15, 0.2) is 23.6 Å². The van der Waals surface area contributed by atoms with Gasteiger partial charge in [-0.3, -0.25) is 4.79 Å². The topological polar surface area (TPSA) is 60.5 Å². The zero-order chi connectivity index (χ0) is 15.4. The van der Waals surface area contributed by atoms with Crippen LogP contribution in [0.4, 0.5) is 5.13 Å². The molecule has 116 valence electrons. The van der Waals surface area contributed by atoms with Gasteiger partial charge in [0.25, 0.3) is 0 Å². The number of nitrogens with one attached hydrogen (secondary N) is 1. The van der Waals surface area contributed by atoms with Crippen molar-refractivity contribution >= 4 is 22.4 Å². The summed E-state index contributed by atoms with van der Waals surface area (Å²) in [6.45, 7) is 3.71. The molecule has 3 rings (SSSR count). The van der Waals surface area contributed by atoms with E-state index in [-0.39, 0.29) is 5.91 Å². The summed E-state index contributed by atoms with van der Waals surface area (Å²) in [6.07, 6.45) is 1.28. The van der Waals surface area contributed by atoms with Crippen molar-refractivity contribution in [3.8, 4) is 17.0 Å². The third-order valence-electron chi connectivity index (χ3n) is 3.41. The number of nitrogens with zero attached hydrogens (tertiary/aromatic N) is 1. The number of anilines is 1. The maximum Gasteiger partial charge on any atom is 0.228 e. The Morgan fingerprint density at radius 3 is 3.27 bits per heavy atom. The lowest BCUT2D eigenvalue weighted by molar-refractivity contribution is -0.117. The Kier molecular flexibility index (Phi) is 4.70. The lowest BCUT2D eigenvalue weighted by atomic mass is 10.1. The summed E-state index contributed by atoms with van der Waals surface area (Å²) >= 11 is 1.43. The highest BCUT2D eigenvalue weighted by atomic mass is 32.1. The number of aromatic nitrogens is 1. The van der Waals surface area contributed by atoms with Gasteiger partial charge >= 0.3 is 0 Å². The maximum absolute atomic E-state index is 11.7. The molecular weight excluding hydrogens is 300 g/mol. The third-order valence-corrected chi connectivity index (χ3v) is 4.17. The first-order valence-electron chi connectivity index (χ1n) is 7.35. The molecule has 1 aliphatic rings. The molecule has 0 radical (unpaired) electrons. The number of carbonyl (C=O) groups excluding carboxylic acids is 1. The highest BCUT2D eigenvalue weighted by molar-refractivity contribution is 7.14. The fraction of sp³-hybridized carbons (Fsp3) is 0.375. The molecule has 0 unspecified atom stereocenters. The number of hydrogen-bond acceptors (Lipinski definition) is 5. The van der Waals surface area contributed by atoms with Gasteiger partial charge in [0.15, 0.2) is 5.13 Å². The fourth-order valence-corrected chi connectivity index (χ4v) is 3.04. The van der Waals surface area contributed by atoms with Crippen LogP contribution < -0.4 is 10.1 Å². The standard InChI is InChI=1S/C16H18N2O3S/c1-2-20-7-6-15(19)18-16-17-13(10-22-16)11-3-4-14-12(9-11)5-8-21-14/h3-4,9-10H,2,5-8H2,1H3,(H,17,18,19). The number of carbonyl (C=O) groups is 1. The second-order valence-corrected chi connectivity index (χ2v) is 5.81. The van der Waals surface area contributed by atoms with E-state index in [1.54, 1.807) is 0 Å². The molecule has 2 aromatic rings. The molecule has 0 bridgehead atoms. The lowest BCUT2D eigenvalue weighted by Crippen LogP contribution is -2.13. The van der Waals surface area contributed by atoms with Crippen molar-refractivity contribution in [3.05, 3.63) is 29.1 Å². The Labute approximate surface area is 133 Å². The molecule has 0 atom stereocenters. The average Bonchev–Trinajstić information content (AvgIpc) is 3.15. The van der Waals surface area contributed by atoms with Gasteiger partial charge < -0.3 is 14.8 Å². The Hall–Kier alpha value is -1.92.